The summed E-state index contributed by atoms with van der Waals surface area (Å²) >= 11 is 0. The molecule has 0 fully saturated rings. The van der Waals surface area contributed by atoms with Gasteiger partial charge in [0.05, 0.1) is 17.6 Å². The second-order valence-corrected chi connectivity index (χ2v) is 6.18. The van der Waals surface area contributed by atoms with Gasteiger partial charge in [-0.15, -0.1) is 0 Å². The second-order valence-electron chi connectivity index (χ2n) is 4.24. The van der Waals surface area contributed by atoms with Gasteiger partial charge in [0.25, 0.3) is 0 Å². The minimum Gasteiger partial charge on any atom is -0.478 e. The van der Waals surface area contributed by atoms with Crippen molar-refractivity contribution in [1.29, 1.82) is 0 Å². The first-order valence-electron chi connectivity index (χ1n) is 6.23. The van der Waals surface area contributed by atoms with Crippen molar-refractivity contribution in [3.8, 4) is 0 Å². The van der Waals surface area contributed by atoms with Gasteiger partial charge in [0, 0.05) is 6.54 Å². The molecule has 0 saturated carbocycles. The van der Waals surface area contributed by atoms with Gasteiger partial charge in [0.2, 0.25) is 10.0 Å². The van der Waals surface area contributed by atoms with Gasteiger partial charge in [-0.2, -0.15) is 4.31 Å². The minimum absolute atomic E-state index is 0.0102. The third-order valence-corrected chi connectivity index (χ3v) is 4.60. The van der Waals surface area contributed by atoms with Crippen molar-refractivity contribution in [3.63, 3.8) is 0 Å². The van der Waals surface area contributed by atoms with E-state index >= 15 is 0 Å². The zero-order valence-corrected chi connectivity index (χ0v) is 12.6. The van der Waals surface area contributed by atoms with Gasteiger partial charge in [0.15, 0.2) is 0 Å². The highest BCUT2D eigenvalue weighted by Gasteiger charge is 2.26. The number of methoxy groups -OCH3 is 1. The highest BCUT2D eigenvalue weighted by Crippen LogP contribution is 2.17. The molecule has 1 rings (SSSR count). The number of carboxylic acids is 1. The van der Waals surface area contributed by atoms with Crippen LogP contribution in [-0.4, -0.2) is 50.0 Å². The normalized spacial score (nSPS) is 11.4. The predicted octanol–water partition coefficient (Wildman–Crippen LogP) is 0.958. The molecule has 0 amide bonds. The third-order valence-electron chi connectivity index (χ3n) is 2.75. The molecule has 0 saturated heterocycles. The third kappa shape index (κ3) is 4.27. The number of rotatable bonds is 7. The maximum absolute atomic E-state index is 12.4. The molecule has 0 spiro atoms. The molecule has 7 nitrogen and oxygen atoms in total. The molecule has 0 aromatic heterocycles. The standard InChI is InChI=1S/C13H17NO6S/c1-3-8-14(9-12(15)20-2)21(18,19)11-6-4-10(5-7-11)13(16)17/h4-7H,3,8-9H2,1-2H3,(H,16,17). The number of hydrogen-bond acceptors (Lipinski definition) is 5. The zero-order chi connectivity index (χ0) is 16.0. The van der Waals surface area contributed by atoms with Crippen LogP contribution in [0.5, 0.6) is 0 Å². The fraction of sp³-hybridized carbons (Fsp3) is 0.385. The predicted molar refractivity (Wildman–Crippen MR) is 74.5 cm³/mol. The number of nitrogens with zero attached hydrogens (tertiary/aromatic N) is 1. The maximum atomic E-state index is 12.4. The number of carboxylic acid groups (broad SMARTS) is 1. The summed E-state index contributed by atoms with van der Waals surface area (Å²) in [5, 5.41) is 8.80. The summed E-state index contributed by atoms with van der Waals surface area (Å²) in [6.07, 6.45) is 0.531. The van der Waals surface area contributed by atoms with Crippen molar-refractivity contribution in [1.82, 2.24) is 4.31 Å². The quantitative estimate of drug-likeness (QED) is 0.752. The average molecular weight is 315 g/mol. The Morgan fingerprint density at radius 1 is 1.24 bits per heavy atom. The molecule has 1 aromatic carbocycles. The van der Waals surface area contributed by atoms with Crippen LogP contribution in [0.3, 0.4) is 0 Å². The number of carbonyl (C=O) groups excluding carboxylic acids is 1. The fourth-order valence-corrected chi connectivity index (χ4v) is 3.14. The van der Waals surface area contributed by atoms with E-state index in [0.29, 0.717) is 6.42 Å². The lowest BCUT2D eigenvalue weighted by Crippen LogP contribution is -2.36. The van der Waals surface area contributed by atoms with Gasteiger partial charge >= 0.3 is 11.9 Å². The SMILES string of the molecule is CCCN(CC(=O)OC)S(=O)(=O)c1ccc(C(=O)O)cc1. The Morgan fingerprint density at radius 2 is 1.81 bits per heavy atom. The van der Waals surface area contributed by atoms with E-state index in [4.69, 9.17) is 5.11 Å². The highest BCUT2D eigenvalue weighted by atomic mass is 32.2. The molecule has 21 heavy (non-hydrogen) atoms. The summed E-state index contributed by atoms with van der Waals surface area (Å²) in [6, 6.07) is 4.83. The lowest BCUT2D eigenvalue weighted by molar-refractivity contribution is -0.140. The summed E-state index contributed by atoms with van der Waals surface area (Å²) in [7, 11) is -2.69. The first kappa shape index (κ1) is 17.1. The molecule has 0 aliphatic heterocycles. The van der Waals surface area contributed by atoms with E-state index in [9.17, 15) is 18.0 Å². The zero-order valence-electron chi connectivity index (χ0n) is 11.8. The number of benzene rings is 1. The Hall–Kier alpha value is -1.93. The Balaban J connectivity index is 3.09. The van der Waals surface area contributed by atoms with E-state index in [1.165, 1.54) is 31.4 Å². The van der Waals surface area contributed by atoms with E-state index in [1.807, 2.05) is 0 Å². The lowest BCUT2D eigenvalue weighted by atomic mass is 10.2. The second kappa shape index (κ2) is 7.19. The van der Waals surface area contributed by atoms with Crippen LogP contribution in [0.2, 0.25) is 0 Å². The number of aromatic carboxylic acids is 1. The smallest absolute Gasteiger partial charge is 0.335 e. The van der Waals surface area contributed by atoms with Crippen molar-refractivity contribution in [2.75, 3.05) is 20.2 Å². The molecule has 0 radical (unpaired) electrons. The molecule has 116 valence electrons. The van der Waals surface area contributed by atoms with E-state index in [-0.39, 0.29) is 23.5 Å². The summed E-state index contributed by atoms with van der Waals surface area (Å²) < 4.78 is 30.3. The highest BCUT2D eigenvalue weighted by molar-refractivity contribution is 7.89. The molecule has 1 aromatic rings. The van der Waals surface area contributed by atoms with Crippen molar-refractivity contribution in [2.45, 2.75) is 18.2 Å². The molecular formula is C13H17NO6S. The van der Waals surface area contributed by atoms with Gasteiger partial charge in [-0.25, -0.2) is 13.2 Å². The fourth-order valence-electron chi connectivity index (χ4n) is 1.66. The minimum atomic E-state index is -3.87. The van der Waals surface area contributed by atoms with E-state index in [0.717, 1.165) is 4.31 Å². The van der Waals surface area contributed by atoms with Crippen LogP contribution in [0.4, 0.5) is 0 Å². The summed E-state index contributed by atoms with van der Waals surface area (Å²) in [5.74, 6) is -1.80. The van der Waals surface area contributed by atoms with Gasteiger partial charge in [-0.1, -0.05) is 6.92 Å². The molecule has 0 heterocycles. The molecule has 1 N–H and O–H groups in total. The van der Waals surface area contributed by atoms with Crippen molar-refractivity contribution in [2.24, 2.45) is 0 Å². The van der Waals surface area contributed by atoms with Crippen LogP contribution in [0.1, 0.15) is 23.7 Å². The summed E-state index contributed by atoms with van der Waals surface area (Å²) in [5.41, 5.74) is -0.0102. The van der Waals surface area contributed by atoms with E-state index in [2.05, 4.69) is 4.74 Å². The Labute approximate surface area is 123 Å². The van der Waals surface area contributed by atoms with Crippen LogP contribution in [0.25, 0.3) is 0 Å². The number of carbonyl (C=O) groups is 2. The van der Waals surface area contributed by atoms with Gasteiger partial charge in [-0.05, 0) is 30.7 Å². The number of esters is 1. The molecule has 0 aliphatic rings. The Kier molecular flexibility index (Phi) is 5.86. The topological polar surface area (TPSA) is 101 Å². The first-order chi connectivity index (χ1) is 9.82. The van der Waals surface area contributed by atoms with E-state index < -0.39 is 22.0 Å². The van der Waals surface area contributed by atoms with Crippen LogP contribution >= 0.6 is 0 Å². The number of ether oxygens (including phenoxy) is 1. The molecule has 0 atom stereocenters. The molecule has 0 aliphatic carbocycles. The Bertz CT molecular complexity index is 608. The van der Waals surface area contributed by atoms with Crippen molar-refractivity contribution in [3.05, 3.63) is 29.8 Å². The van der Waals surface area contributed by atoms with E-state index in [1.54, 1.807) is 6.92 Å². The Morgan fingerprint density at radius 3 is 2.24 bits per heavy atom. The van der Waals surface area contributed by atoms with Crippen LogP contribution in [0, 0.1) is 0 Å². The largest absolute Gasteiger partial charge is 0.478 e. The molecule has 8 heteroatoms. The summed E-state index contributed by atoms with van der Waals surface area (Å²) in [6.45, 7) is 1.57. The monoisotopic (exact) mass is 315 g/mol. The lowest BCUT2D eigenvalue weighted by Gasteiger charge is -2.20. The van der Waals surface area contributed by atoms with Crippen molar-refractivity contribution < 1.29 is 27.9 Å². The summed E-state index contributed by atoms with van der Waals surface area (Å²) in [4.78, 5) is 22.0. The van der Waals surface area contributed by atoms with Crippen molar-refractivity contribution >= 4 is 22.0 Å². The molecular weight excluding hydrogens is 298 g/mol. The number of hydrogen-bond donors (Lipinski definition) is 1. The van der Waals surface area contributed by atoms with Gasteiger partial charge in [0.1, 0.15) is 6.54 Å². The first-order valence-corrected chi connectivity index (χ1v) is 7.67. The van der Waals surface area contributed by atoms with Gasteiger partial charge < -0.3 is 9.84 Å². The number of sulfonamides is 1. The molecule has 0 bridgehead atoms. The maximum Gasteiger partial charge on any atom is 0.335 e. The average Bonchev–Trinajstić information content (AvgIpc) is 2.46. The molecule has 0 unspecified atom stereocenters. The van der Waals surface area contributed by atoms with Crippen LogP contribution in [0.15, 0.2) is 29.2 Å². The van der Waals surface area contributed by atoms with Crippen LogP contribution in [-0.2, 0) is 19.6 Å². The van der Waals surface area contributed by atoms with Gasteiger partial charge in [-0.3, -0.25) is 4.79 Å². The van der Waals surface area contributed by atoms with Crippen LogP contribution < -0.4 is 0 Å².